The Morgan fingerprint density at radius 1 is 0.861 bits per heavy atom. The maximum atomic E-state index is 13.1. The topological polar surface area (TPSA) is 73.5 Å². The number of carbonyl (C=O) groups is 2. The highest BCUT2D eigenvalue weighted by Crippen LogP contribution is 2.32. The zero-order valence-corrected chi connectivity index (χ0v) is 19.4. The average Bonchev–Trinajstić information content (AvgIpc) is 3.67. The van der Waals surface area contributed by atoms with Crippen LogP contribution < -0.4 is 20.9 Å². The molecule has 0 unspecified atom stereocenters. The lowest BCUT2D eigenvalue weighted by Gasteiger charge is -2.32. The number of rotatable bonds is 5. The predicted molar refractivity (Wildman–Crippen MR) is 132 cm³/mol. The van der Waals surface area contributed by atoms with Gasteiger partial charge in [0.2, 0.25) is 0 Å². The quantitative estimate of drug-likeness (QED) is 0.420. The molecule has 186 valence electrons. The van der Waals surface area contributed by atoms with Gasteiger partial charge in [0.15, 0.2) is 0 Å². The molecule has 9 heteroatoms. The van der Waals surface area contributed by atoms with E-state index in [1.807, 2.05) is 12.1 Å². The second-order valence-corrected chi connectivity index (χ2v) is 9.08. The van der Waals surface area contributed by atoms with Gasteiger partial charge in [-0.15, -0.1) is 0 Å². The highest BCUT2D eigenvalue weighted by molar-refractivity contribution is 6.04. The lowest BCUT2D eigenvalue weighted by molar-refractivity contribution is -0.137. The number of urea groups is 1. The van der Waals surface area contributed by atoms with Crippen molar-refractivity contribution in [3.8, 4) is 0 Å². The minimum Gasteiger partial charge on any atom is -0.366 e. The number of benzene rings is 3. The summed E-state index contributed by atoms with van der Waals surface area (Å²) in [6.45, 7) is 1.42. The molecule has 0 bridgehead atoms. The summed E-state index contributed by atoms with van der Waals surface area (Å²) in [5.41, 5.74) is 3.23. The first-order chi connectivity index (χ1) is 17.3. The van der Waals surface area contributed by atoms with Gasteiger partial charge in [0.25, 0.3) is 5.91 Å². The fourth-order valence-corrected chi connectivity index (χ4v) is 4.33. The third kappa shape index (κ3) is 5.45. The summed E-state index contributed by atoms with van der Waals surface area (Å²) in [6, 6.07) is 17.2. The maximum absolute atomic E-state index is 13.1. The zero-order chi connectivity index (χ0) is 25.3. The van der Waals surface area contributed by atoms with Crippen LogP contribution in [-0.2, 0) is 19.1 Å². The molecule has 0 atom stereocenters. The van der Waals surface area contributed by atoms with Crippen LogP contribution in [0.1, 0.15) is 39.9 Å². The van der Waals surface area contributed by atoms with Crippen LogP contribution in [0.25, 0.3) is 0 Å². The Hall–Kier alpha value is -4.01. The SMILES string of the molecule is O=C(Nc1cccc(C(F)(F)F)c1)Nc1ccc(N2CCc3ccccc3C2)c(C(=O)NC2CC2)c1. The van der Waals surface area contributed by atoms with Gasteiger partial charge in [-0.3, -0.25) is 4.79 Å². The first-order valence-corrected chi connectivity index (χ1v) is 11.8. The minimum atomic E-state index is -4.51. The van der Waals surface area contributed by atoms with Crippen molar-refractivity contribution in [1.29, 1.82) is 0 Å². The Kier molecular flexibility index (Phi) is 6.30. The molecule has 5 rings (SSSR count). The molecule has 0 aromatic heterocycles. The van der Waals surface area contributed by atoms with E-state index in [-0.39, 0.29) is 17.6 Å². The highest BCUT2D eigenvalue weighted by Gasteiger charge is 2.30. The van der Waals surface area contributed by atoms with Gasteiger partial charge in [-0.2, -0.15) is 13.2 Å². The average molecular weight is 495 g/mol. The number of halogens is 3. The molecule has 3 aromatic carbocycles. The Balaban J connectivity index is 1.35. The van der Waals surface area contributed by atoms with Gasteiger partial charge in [0.05, 0.1) is 11.1 Å². The molecule has 1 saturated carbocycles. The minimum absolute atomic E-state index is 0.0117. The summed E-state index contributed by atoms with van der Waals surface area (Å²) in [5, 5.41) is 8.06. The van der Waals surface area contributed by atoms with Gasteiger partial charge in [0, 0.05) is 36.2 Å². The van der Waals surface area contributed by atoms with E-state index in [0.717, 1.165) is 43.6 Å². The van der Waals surface area contributed by atoms with Crippen molar-refractivity contribution in [3.63, 3.8) is 0 Å². The number of fused-ring (bicyclic) bond motifs is 1. The molecular formula is C27H25F3N4O2. The number of anilines is 3. The number of nitrogens with one attached hydrogen (secondary N) is 3. The van der Waals surface area contributed by atoms with E-state index in [0.29, 0.717) is 17.8 Å². The molecule has 6 nitrogen and oxygen atoms in total. The largest absolute Gasteiger partial charge is 0.416 e. The number of carbonyl (C=O) groups excluding carboxylic acids is 2. The van der Waals surface area contributed by atoms with Crippen LogP contribution >= 0.6 is 0 Å². The lowest BCUT2D eigenvalue weighted by atomic mass is 9.98. The van der Waals surface area contributed by atoms with Crippen LogP contribution in [-0.4, -0.2) is 24.5 Å². The molecule has 3 N–H and O–H groups in total. The van der Waals surface area contributed by atoms with Gasteiger partial charge in [-0.05, 0) is 66.8 Å². The first-order valence-electron chi connectivity index (χ1n) is 11.8. The van der Waals surface area contributed by atoms with E-state index in [1.165, 1.54) is 23.3 Å². The van der Waals surface area contributed by atoms with Gasteiger partial charge in [0.1, 0.15) is 0 Å². The summed E-state index contributed by atoms with van der Waals surface area (Å²) >= 11 is 0. The molecule has 36 heavy (non-hydrogen) atoms. The van der Waals surface area contributed by atoms with E-state index < -0.39 is 17.8 Å². The second kappa shape index (κ2) is 9.56. The number of amides is 3. The molecule has 2 aliphatic rings. The summed E-state index contributed by atoms with van der Waals surface area (Å²) in [4.78, 5) is 27.8. The standard InChI is InChI=1S/C27H25F3N4O2/c28-27(29,30)19-6-3-7-21(14-19)32-26(36)33-22-10-11-24(23(15-22)25(35)31-20-8-9-20)34-13-12-17-4-1-2-5-18(17)16-34/h1-7,10-11,14-15,20H,8-9,12-13,16H2,(H,31,35)(H2,32,33,36). The number of hydrogen-bond acceptors (Lipinski definition) is 3. The number of nitrogens with zero attached hydrogens (tertiary/aromatic N) is 1. The van der Waals surface area contributed by atoms with E-state index >= 15 is 0 Å². The van der Waals surface area contributed by atoms with E-state index in [2.05, 4.69) is 33.0 Å². The summed E-state index contributed by atoms with van der Waals surface area (Å²) in [5.74, 6) is -0.215. The van der Waals surface area contributed by atoms with Crippen molar-refractivity contribution >= 4 is 29.0 Å². The Morgan fingerprint density at radius 2 is 1.58 bits per heavy atom. The maximum Gasteiger partial charge on any atom is 0.416 e. The van der Waals surface area contributed by atoms with E-state index in [9.17, 15) is 22.8 Å². The van der Waals surface area contributed by atoms with Crippen LogP contribution in [0.2, 0.25) is 0 Å². The van der Waals surface area contributed by atoms with Crippen LogP contribution in [0.15, 0.2) is 66.7 Å². The number of hydrogen-bond donors (Lipinski definition) is 3. The Labute approximate surface area is 206 Å². The fourth-order valence-electron chi connectivity index (χ4n) is 4.33. The normalized spacial score (nSPS) is 15.1. The molecule has 0 radical (unpaired) electrons. The van der Waals surface area contributed by atoms with Crippen molar-refractivity contribution in [2.45, 2.75) is 38.0 Å². The summed E-state index contributed by atoms with van der Waals surface area (Å²) < 4.78 is 38.9. The fraction of sp³-hybridized carbons (Fsp3) is 0.259. The molecule has 3 aromatic rings. The summed E-state index contributed by atoms with van der Waals surface area (Å²) in [7, 11) is 0. The molecule has 1 fully saturated rings. The third-order valence-electron chi connectivity index (χ3n) is 6.33. The second-order valence-electron chi connectivity index (χ2n) is 9.08. The van der Waals surface area contributed by atoms with Gasteiger partial charge < -0.3 is 20.9 Å². The molecule has 1 heterocycles. The van der Waals surface area contributed by atoms with Crippen molar-refractivity contribution in [3.05, 3.63) is 89.0 Å². The Bertz CT molecular complexity index is 1300. The van der Waals surface area contributed by atoms with E-state index in [1.54, 1.807) is 18.2 Å². The van der Waals surface area contributed by atoms with Crippen molar-refractivity contribution < 1.29 is 22.8 Å². The first kappa shape index (κ1) is 23.7. The smallest absolute Gasteiger partial charge is 0.366 e. The lowest BCUT2D eigenvalue weighted by Crippen LogP contribution is -2.33. The van der Waals surface area contributed by atoms with Crippen LogP contribution in [0, 0.1) is 0 Å². The van der Waals surface area contributed by atoms with Crippen LogP contribution in [0.5, 0.6) is 0 Å². The van der Waals surface area contributed by atoms with Crippen molar-refractivity contribution in [1.82, 2.24) is 5.32 Å². The van der Waals surface area contributed by atoms with Crippen molar-refractivity contribution in [2.24, 2.45) is 0 Å². The molecule has 3 amide bonds. The van der Waals surface area contributed by atoms with Gasteiger partial charge in [-0.1, -0.05) is 30.3 Å². The predicted octanol–water partition coefficient (Wildman–Crippen LogP) is 5.80. The molecule has 0 spiro atoms. The van der Waals surface area contributed by atoms with Crippen LogP contribution in [0.4, 0.5) is 35.0 Å². The number of alkyl halides is 3. The highest BCUT2D eigenvalue weighted by atomic mass is 19.4. The molecular weight excluding hydrogens is 469 g/mol. The Morgan fingerprint density at radius 3 is 2.31 bits per heavy atom. The van der Waals surface area contributed by atoms with Crippen LogP contribution in [0.3, 0.4) is 0 Å². The zero-order valence-electron chi connectivity index (χ0n) is 19.4. The molecule has 1 aliphatic carbocycles. The summed E-state index contributed by atoms with van der Waals surface area (Å²) in [6.07, 6.45) is -1.77. The molecule has 0 saturated heterocycles. The van der Waals surface area contributed by atoms with Gasteiger partial charge in [-0.25, -0.2) is 4.79 Å². The third-order valence-corrected chi connectivity index (χ3v) is 6.33. The van der Waals surface area contributed by atoms with Gasteiger partial charge >= 0.3 is 12.2 Å². The van der Waals surface area contributed by atoms with E-state index in [4.69, 9.17) is 0 Å². The molecule has 1 aliphatic heterocycles. The monoisotopic (exact) mass is 494 g/mol. The van der Waals surface area contributed by atoms with Crippen molar-refractivity contribution in [2.75, 3.05) is 22.1 Å².